The van der Waals surface area contributed by atoms with E-state index in [1.54, 1.807) is 12.1 Å². The number of carbonyl (C=O) groups is 1. The second kappa shape index (κ2) is 5.84. The van der Waals surface area contributed by atoms with Gasteiger partial charge >= 0.3 is 5.97 Å². The summed E-state index contributed by atoms with van der Waals surface area (Å²) < 4.78 is 4.54. The molecular formula is C12H9ClN2O2S. The van der Waals surface area contributed by atoms with E-state index in [1.165, 1.54) is 31.3 Å². The van der Waals surface area contributed by atoms with E-state index in [-0.39, 0.29) is 5.69 Å². The van der Waals surface area contributed by atoms with E-state index < -0.39 is 5.97 Å². The smallest absolute Gasteiger partial charge is 0.358 e. The largest absolute Gasteiger partial charge is 0.464 e. The molecule has 2 rings (SSSR count). The Morgan fingerprint density at radius 3 is 2.50 bits per heavy atom. The molecular weight excluding hydrogens is 272 g/mol. The quantitative estimate of drug-likeness (QED) is 0.809. The molecule has 0 amide bonds. The van der Waals surface area contributed by atoms with E-state index in [9.17, 15) is 4.79 Å². The first kappa shape index (κ1) is 12.9. The van der Waals surface area contributed by atoms with E-state index >= 15 is 0 Å². The molecule has 4 nitrogen and oxygen atoms in total. The fourth-order valence-corrected chi connectivity index (χ4v) is 2.05. The van der Waals surface area contributed by atoms with Crippen LogP contribution in [0.1, 0.15) is 10.5 Å². The van der Waals surface area contributed by atoms with Crippen LogP contribution in [-0.2, 0) is 4.74 Å². The summed E-state index contributed by atoms with van der Waals surface area (Å²) in [6.07, 6.45) is 2.93. The predicted molar refractivity (Wildman–Crippen MR) is 68.9 cm³/mol. The Balaban J connectivity index is 2.10. The molecule has 92 valence electrons. The average Bonchev–Trinajstić information content (AvgIpc) is 2.41. The molecule has 1 aromatic carbocycles. The van der Waals surface area contributed by atoms with E-state index in [2.05, 4.69) is 14.7 Å². The van der Waals surface area contributed by atoms with Gasteiger partial charge in [0.2, 0.25) is 0 Å². The Bertz CT molecular complexity index is 543. The molecule has 0 N–H and O–H groups in total. The lowest BCUT2D eigenvalue weighted by Gasteiger charge is -2.01. The van der Waals surface area contributed by atoms with Gasteiger partial charge in [0.1, 0.15) is 5.03 Å². The van der Waals surface area contributed by atoms with Gasteiger partial charge in [-0.3, -0.25) is 0 Å². The van der Waals surface area contributed by atoms with Crippen LogP contribution < -0.4 is 0 Å². The molecule has 0 aliphatic rings. The molecule has 1 heterocycles. The SMILES string of the molecule is COC(=O)c1cnc(Sc2ccc(Cl)cc2)cn1. The summed E-state index contributed by atoms with van der Waals surface area (Å²) >= 11 is 7.24. The van der Waals surface area contributed by atoms with E-state index in [0.717, 1.165) is 4.90 Å². The molecule has 2 aromatic rings. The summed E-state index contributed by atoms with van der Waals surface area (Å²) in [7, 11) is 1.31. The topological polar surface area (TPSA) is 52.1 Å². The maximum Gasteiger partial charge on any atom is 0.358 e. The Morgan fingerprint density at radius 1 is 1.22 bits per heavy atom. The average molecular weight is 281 g/mol. The van der Waals surface area contributed by atoms with Gasteiger partial charge in [-0.2, -0.15) is 0 Å². The fraction of sp³-hybridized carbons (Fsp3) is 0.0833. The molecule has 0 saturated carbocycles. The van der Waals surface area contributed by atoms with E-state index in [4.69, 9.17) is 11.6 Å². The molecule has 0 atom stereocenters. The van der Waals surface area contributed by atoms with Crippen LogP contribution in [0.2, 0.25) is 5.02 Å². The maximum absolute atomic E-state index is 11.2. The predicted octanol–water partition coefficient (Wildman–Crippen LogP) is 3.07. The van der Waals surface area contributed by atoms with Crippen molar-refractivity contribution in [3.63, 3.8) is 0 Å². The van der Waals surface area contributed by atoms with Crippen LogP contribution in [0, 0.1) is 0 Å². The minimum atomic E-state index is -0.495. The highest BCUT2D eigenvalue weighted by molar-refractivity contribution is 7.99. The lowest BCUT2D eigenvalue weighted by molar-refractivity contribution is 0.0593. The minimum absolute atomic E-state index is 0.193. The number of esters is 1. The standard InChI is InChI=1S/C12H9ClN2O2S/c1-17-12(16)10-6-15-11(7-14-10)18-9-4-2-8(13)3-5-9/h2-7H,1H3. The van der Waals surface area contributed by atoms with Crippen LogP contribution in [-0.4, -0.2) is 23.0 Å². The second-order valence-corrected chi connectivity index (χ2v) is 4.82. The normalized spacial score (nSPS) is 10.1. The number of hydrogen-bond acceptors (Lipinski definition) is 5. The Morgan fingerprint density at radius 2 is 1.94 bits per heavy atom. The second-order valence-electron chi connectivity index (χ2n) is 3.29. The first-order valence-corrected chi connectivity index (χ1v) is 6.22. The molecule has 0 bridgehead atoms. The summed E-state index contributed by atoms with van der Waals surface area (Å²) in [5.74, 6) is -0.495. The Kier molecular flexibility index (Phi) is 4.17. The molecule has 0 radical (unpaired) electrons. The molecule has 0 saturated heterocycles. The third kappa shape index (κ3) is 3.21. The fourth-order valence-electron chi connectivity index (χ4n) is 1.20. The molecule has 0 fully saturated rings. The summed E-state index contributed by atoms with van der Waals surface area (Å²) in [5.41, 5.74) is 0.193. The molecule has 1 aromatic heterocycles. The van der Waals surface area contributed by atoms with Gasteiger partial charge in [-0.25, -0.2) is 14.8 Å². The number of nitrogens with zero attached hydrogens (tertiary/aromatic N) is 2. The van der Waals surface area contributed by atoms with Gasteiger partial charge in [0.15, 0.2) is 5.69 Å². The summed E-state index contributed by atoms with van der Waals surface area (Å²) in [4.78, 5) is 20.3. The number of rotatable bonds is 3. The molecule has 0 aliphatic heterocycles. The molecule has 0 aliphatic carbocycles. The number of benzene rings is 1. The number of methoxy groups -OCH3 is 1. The van der Waals surface area contributed by atoms with Crippen molar-refractivity contribution in [1.29, 1.82) is 0 Å². The van der Waals surface area contributed by atoms with Crippen molar-refractivity contribution in [2.45, 2.75) is 9.92 Å². The highest BCUT2D eigenvalue weighted by atomic mass is 35.5. The van der Waals surface area contributed by atoms with Crippen molar-refractivity contribution in [2.75, 3.05) is 7.11 Å². The maximum atomic E-state index is 11.2. The highest BCUT2D eigenvalue weighted by Gasteiger charge is 2.07. The lowest BCUT2D eigenvalue weighted by Crippen LogP contribution is -2.04. The summed E-state index contributed by atoms with van der Waals surface area (Å²) in [6.45, 7) is 0. The number of carbonyl (C=O) groups excluding carboxylic acids is 1. The van der Waals surface area contributed by atoms with E-state index in [1.807, 2.05) is 12.1 Å². The number of halogens is 1. The highest BCUT2D eigenvalue weighted by Crippen LogP contribution is 2.26. The zero-order valence-electron chi connectivity index (χ0n) is 9.46. The van der Waals surface area contributed by atoms with Gasteiger partial charge < -0.3 is 4.74 Å². The van der Waals surface area contributed by atoms with Crippen molar-refractivity contribution < 1.29 is 9.53 Å². The van der Waals surface area contributed by atoms with Crippen molar-refractivity contribution in [3.05, 3.63) is 47.4 Å². The van der Waals surface area contributed by atoms with Crippen LogP contribution in [0.4, 0.5) is 0 Å². The summed E-state index contributed by atoms with van der Waals surface area (Å²) in [5, 5.41) is 1.39. The molecule has 0 unspecified atom stereocenters. The number of hydrogen-bond donors (Lipinski definition) is 0. The monoisotopic (exact) mass is 280 g/mol. The lowest BCUT2D eigenvalue weighted by atomic mass is 10.4. The van der Waals surface area contributed by atoms with Gasteiger partial charge in [-0.1, -0.05) is 23.4 Å². The van der Waals surface area contributed by atoms with Crippen LogP contribution >= 0.6 is 23.4 Å². The first-order chi connectivity index (χ1) is 8.69. The molecule has 0 spiro atoms. The number of ether oxygens (including phenoxy) is 1. The van der Waals surface area contributed by atoms with Crippen molar-refractivity contribution in [1.82, 2.24) is 9.97 Å². The zero-order valence-corrected chi connectivity index (χ0v) is 11.0. The first-order valence-electron chi connectivity index (χ1n) is 5.03. The van der Waals surface area contributed by atoms with Crippen LogP contribution in [0.5, 0.6) is 0 Å². The number of aromatic nitrogens is 2. The van der Waals surface area contributed by atoms with Gasteiger partial charge in [0, 0.05) is 9.92 Å². The van der Waals surface area contributed by atoms with Gasteiger partial charge in [0.05, 0.1) is 19.5 Å². The van der Waals surface area contributed by atoms with Crippen molar-refractivity contribution >= 4 is 29.3 Å². The van der Waals surface area contributed by atoms with Gasteiger partial charge in [0.25, 0.3) is 0 Å². The van der Waals surface area contributed by atoms with Crippen molar-refractivity contribution in [3.8, 4) is 0 Å². The van der Waals surface area contributed by atoms with Gasteiger partial charge in [-0.05, 0) is 24.3 Å². The minimum Gasteiger partial charge on any atom is -0.464 e. The Hall–Kier alpha value is -1.59. The summed E-state index contributed by atoms with van der Waals surface area (Å²) in [6, 6.07) is 7.39. The van der Waals surface area contributed by atoms with E-state index in [0.29, 0.717) is 10.0 Å². The third-order valence-corrected chi connectivity index (χ3v) is 3.24. The zero-order chi connectivity index (χ0) is 13.0. The van der Waals surface area contributed by atoms with Crippen LogP contribution in [0.25, 0.3) is 0 Å². The van der Waals surface area contributed by atoms with Crippen LogP contribution in [0.15, 0.2) is 46.6 Å². The molecule has 6 heteroatoms. The van der Waals surface area contributed by atoms with Gasteiger partial charge in [-0.15, -0.1) is 0 Å². The molecule has 18 heavy (non-hydrogen) atoms. The van der Waals surface area contributed by atoms with Crippen molar-refractivity contribution in [2.24, 2.45) is 0 Å². The van der Waals surface area contributed by atoms with Crippen LogP contribution in [0.3, 0.4) is 0 Å². The third-order valence-electron chi connectivity index (χ3n) is 2.06. The Labute approximate surface area is 113 Å².